The second kappa shape index (κ2) is 5.53. The SMILES string of the molecule is O=C(Nc1ccc(F)cc1Cl)c1cc(F)n(P(=O)(O)O)n1. The van der Waals surface area contributed by atoms with Crippen LogP contribution in [0.15, 0.2) is 24.3 Å². The van der Waals surface area contributed by atoms with Crippen LogP contribution in [0.4, 0.5) is 14.5 Å². The van der Waals surface area contributed by atoms with Crippen molar-refractivity contribution in [2.45, 2.75) is 0 Å². The number of halogens is 3. The number of hydrogen-bond donors (Lipinski definition) is 3. The van der Waals surface area contributed by atoms with Crippen molar-refractivity contribution in [1.29, 1.82) is 0 Å². The third kappa shape index (κ3) is 3.45. The van der Waals surface area contributed by atoms with Crippen molar-refractivity contribution >= 4 is 30.9 Å². The van der Waals surface area contributed by atoms with Gasteiger partial charge in [-0.3, -0.25) is 4.79 Å². The summed E-state index contributed by atoms with van der Waals surface area (Å²) in [6.07, 6.45) is 0. The Morgan fingerprint density at radius 3 is 2.52 bits per heavy atom. The van der Waals surface area contributed by atoms with Gasteiger partial charge in [-0.15, -0.1) is 4.45 Å². The van der Waals surface area contributed by atoms with Crippen molar-refractivity contribution in [3.8, 4) is 0 Å². The molecule has 0 aliphatic rings. The van der Waals surface area contributed by atoms with E-state index in [2.05, 4.69) is 10.4 Å². The highest BCUT2D eigenvalue weighted by molar-refractivity contribution is 7.49. The smallest absolute Gasteiger partial charge is 0.319 e. The molecule has 0 unspecified atom stereocenters. The van der Waals surface area contributed by atoms with Crippen LogP contribution < -0.4 is 5.32 Å². The molecule has 11 heteroatoms. The van der Waals surface area contributed by atoms with Crippen molar-refractivity contribution in [3.05, 3.63) is 46.7 Å². The Morgan fingerprint density at radius 2 is 2.00 bits per heavy atom. The van der Waals surface area contributed by atoms with Gasteiger partial charge in [0.2, 0.25) is 5.95 Å². The van der Waals surface area contributed by atoms with E-state index < -0.39 is 31.1 Å². The highest BCUT2D eigenvalue weighted by Gasteiger charge is 2.25. The van der Waals surface area contributed by atoms with Crippen LogP contribution in [0.2, 0.25) is 5.02 Å². The molecule has 0 aliphatic heterocycles. The summed E-state index contributed by atoms with van der Waals surface area (Å²) < 4.78 is 36.8. The molecule has 21 heavy (non-hydrogen) atoms. The van der Waals surface area contributed by atoms with Crippen LogP contribution in [0.5, 0.6) is 0 Å². The van der Waals surface area contributed by atoms with Crippen LogP contribution in [0.3, 0.4) is 0 Å². The molecule has 2 rings (SSSR count). The topological polar surface area (TPSA) is 104 Å². The molecule has 0 saturated carbocycles. The Morgan fingerprint density at radius 1 is 1.33 bits per heavy atom. The lowest BCUT2D eigenvalue weighted by Crippen LogP contribution is -2.13. The van der Waals surface area contributed by atoms with Gasteiger partial charge in [0.25, 0.3) is 5.91 Å². The van der Waals surface area contributed by atoms with E-state index in [4.69, 9.17) is 21.4 Å². The number of carbonyl (C=O) groups excluding carboxylic acids is 1. The van der Waals surface area contributed by atoms with Gasteiger partial charge in [-0.2, -0.15) is 9.49 Å². The molecule has 0 radical (unpaired) electrons. The van der Waals surface area contributed by atoms with Crippen LogP contribution in [-0.4, -0.2) is 25.2 Å². The monoisotopic (exact) mass is 337 g/mol. The third-order valence-corrected chi connectivity index (χ3v) is 3.39. The van der Waals surface area contributed by atoms with Crippen LogP contribution >= 0.6 is 19.3 Å². The minimum absolute atomic E-state index is 0.0363. The molecule has 1 aromatic carbocycles. The van der Waals surface area contributed by atoms with Crippen LogP contribution in [0.1, 0.15) is 10.5 Å². The first kappa shape index (κ1) is 15.6. The fourth-order valence-electron chi connectivity index (χ4n) is 1.42. The summed E-state index contributed by atoms with van der Waals surface area (Å²) in [5, 5.41) is 5.29. The number of anilines is 1. The summed E-state index contributed by atoms with van der Waals surface area (Å²) in [5.41, 5.74) is -0.537. The third-order valence-electron chi connectivity index (χ3n) is 2.31. The molecule has 1 heterocycles. The molecular weight excluding hydrogens is 331 g/mol. The highest BCUT2D eigenvalue weighted by atomic mass is 35.5. The van der Waals surface area contributed by atoms with E-state index in [0.717, 1.165) is 12.1 Å². The average molecular weight is 338 g/mol. The second-order valence-corrected chi connectivity index (χ2v) is 5.65. The van der Waals surface area contributed by atoms with Gasteiger partial charge in [-0.1, -0.05) is 11.6 Å². The Hall–Kier alpha value is -1.80. The van der Waals surface area contributed by atoms with Crippen LogP contribution in [-0.2, 0) is 4.57 Å². The van der Waals surface area contributed by atoms with Crippen molar-refractivity contribution in [1.82, 2.24) is 9.55 Å². The number of nitrogens with zero attached hydrogens (tertiary/aromatic N) is 2. The zero-order valence-electron chi connectivity index (χ0n) is 10.00. The summed E-state index contributed by atoms with van der Waals surface area (Å²) in [6, 6.07) is 3.71. The molecule has 0 aliphatic carbocycles. The number of hydrogen-bond acceptors (Lipinski definition) is 3. The fraction of sp³-hybridized carbons (Fsp3) is 0. The average Bonchev–Trinajstić information content (AvgIpc) is 2.75. The molecule has 0 saturated heterocycles. The molecule has 0 fully saturated rings. The zero-order chi connectivity index (χ0) is 15.8. The molecule has 0 atom stereocenters. The molecule has 1 amide bonds. The van der Waals surface area contributed by atoms with Gasteiger partial charge in [0.1, 0.15) is 5.82 Å². The number of aromatic nitrogens is 2. The predicted molar refractivity (Wildman–Crippen MR) is 69.0 cm³/mol. The van der Waals surface area contributed by atoms with Crippen molar-refractivity contribution in [2.75, 3.05) is 5.32 Å². The van der Waals surface area contributed by atoms with E-state index in [1.54, 1.807) is 0 Å². The van der Waals surface area contributed by atoms with Gasteiger partial charge >= 0.3 is 7.75 Å². The standard InChI is InChI=1S/C10H7ClF2N3O4P/c11-6-3-5(12)1-2-7(6)14-10(17)8-4-9(13)16(15-8)21(18,19)20/h1-4H,(H,14,17)(H2,18,19,20). The zero-order valence-corrected chi connectivity index (χ0v) is 11.6. The first-order valence-electron chi connectivity index (χ1n) is 5.27. The molecule has 3 N–H and O–H groups in total. The van der Waals surface area contributed by atoms with Crippen molar-refractivity contribution in [3.63, 3.8) is 0 Å². The van der Waals surface area contributed by atoms with Crippen molar-refractivity contribution < 1.29 is 27.9 Å². The van der Waals surface area contributed by atoms with Gasteiger partial charge < -0.3 is 15.1 Å². The predicted octanol–water partition coefficient (Wildman–Crippen LogP) is 2.01. The first-order chi connectivity index (χ1) is 9.68. The van der Waals surface area contributed by atoms with E-state index in [0.29, 0.717) is 6.07 Å². The maximum atomic E-state index is 13.3. The Bertz CT molecular complexity index is 761. The Balaban J connectivity index is 2.27. The Labute approximate surface area is 121 Å². The van der Waals surface area contributed by atoms with E-state index >= 15 is 0 Å². The maximum absolute atomic E-state index is 13.3. The van der Waals surface area contributed by atoms with Crippen molar-refractivity contribution in [2.24, 2.45) is 0 Å². The van der Waals surface area contributed by atoms with Gasteiger partial charge in [0, 0.05) is 6.07 Å². The summed E-state index contributed by atoms with van der Waals surface area (Å²) in [4.78, 5) is 29.4. The molecular formula is C10H7ClF2N3O4P. The number of carbonyl (C=O) groups is 1. The number of amides is 1. The summed E-state index contributed by atoms with van der Waals surface area (Å²) in [5.74, 6) is -2.96. The Kier molecular flexibility index (Phi) is 4.11. The number of nitrogens with one attached hydrogen (secondary N) is 1. The molecule has 0 bridgehead atoms. The lowest BCUT2D eigenvalue weighted by atomic mass is 10.3. The van der Waals surface area contributed by atoms with E-state index in [9.17, 15) is 18.1 Å². The number of rotatable bonds is 3. The summed E-state index contributed by atoms with van der Waals surface area (Å²) in [6.45, 7) is 0. The largest absolute Gasteiger partial charge is 0.452 e. The van der Waals surface area contributed by atoms with Gasteiger partial charge in [-0.05, 0) is 18.2 Å². The van der Waals surface area contributed by atoms with Gasteiger partial charge in [0.05, 0.1) is 10.7 Å². The van der Waals surface area contributed by atoms with E-state index in [-0.39, 0.29) is 15.2 Å². The maximum Gasteiger partial charge on any atom is 0.452 e. The molecule has 2 aromatic rings. The highest BCUT2D eigenvalue weighted by Crippen LogP contribution is 2.37. The molecule has 1 aromatic heterocycles. The lowest BCUT2D eigenvalue weighted by Gasteiger charge is -2.05. The minimum Gasteiger partial charge on any atom is -0.319 e. The van der Waals surface area contributed by atoms with Gasteiger partial charge in [-0.25, -0.2) is 8.96 Å². The quantitative estimate of drug-likeness (QED) is 0.743. The van der Waals surface area contributed by atoms with E-state index in [1.807, 2.05) is 0 Å². The van der Waals surface area contributed by atoms with E-state index in [1.165, 1.54) is 6.07 Å². The second-order valence-electron chi connectivity index (χ2n) is 3.83. The summed E-state index contributed by atoms with van der Waals surface area (Å²) in [7, 11) is -5.00. The fourth-order valence-corrected chi connectivity index (χ4v) is 2.15. The first-order valence-corrected chi connectivity index (χ1v) is 7.21. The molecule has 7 nitrogen and oxygen atoms in total. The minimum atomic E-state index is -5.00. The lowest BCUT2D eigenvalue weighted by molar-refractivity contribution is 0.102. The normalized spacial score (nSPS) is 11.5. The molecule has 112 valence electrons. The van der Waals surface area contributed by atoms with Crippen LogP contribution in [0, 0.1) is 11.8 Å². The molecule has 0 spiro atoms. The van der Waals surface area contributed by atoms with Crippen LogP contribution in [0.25, 0.3) is 0 Å². The van der Waals surface area contributed by atoms with Gasteiger partial charge in [0.15, 0.2) is 5.69 Å². The summed E-state index contributed by atoms with van der Waals surface area (Å²) >= 11 is 5.69. The number of benzene rings is 1.